The summed E-state index contributed by atoms with van der Waals surface area (Å²) >= 11 is 0. The summed E-state index contributed by atoms with van der Waals surface area (Å²) in [6.07, 6.45) is 0. The quantitative estimate of drug-likeness (QED) is 0.619. The zero-order valence-corrected chi connectivity index (χ0v) is 14.1. The van der Waals surface area contributed by atoms with Crippen molar-refractivity contribution in [3.05, 3.63) is 83.9 Å². The number of aromatic carboxylic acids is 1. The van der Waals surface area contributed by atoms with Crippen molar-refractivity contribution in [2.45, 2.75) is 13.2 Å². The SMILES string of the molecule is O=C(O)c1cc(OC(F)F)cc(-c2ccc(OCc3ccccc3)cc2)c1. The second-order valence-electron chi connectivity index (χ2n) is 5.73. The number of halogens is 2. The van der Waals surface area contributed by atoms with E-state index in [1.165, 1.54) is 12.1 Å². The maximum atomic E-state index is 12.5. The van der Waals surface area contributed by atoms with Crippen molar-refractivity contribution in [2.24, 2.45) is 0 Å². The molecular weight excluding hydrogens is 354 g/mol. The molecule has 0 radical (unpaired) electrons. The highest BCUT2D eigenvalue weighted by atomic mass is 19.3. The predicted molar refractivity (Wildman–Crippen MR) is 96.2 cm³/mol. The summed E-state index contributed by atoms with van der Waals surface area (Å²) in [6, 6.07) is 20.5. The highest BCUT2D eigenvalue weighted by molar-refractivity contribution is 5.90. The van der Waals surface area contributed by atoms with Gasteiger partial charge in [-0.05, 0) is 47.0 Å². The molecule has 0 spiro atoms. The Labute approximate surface area is 154 Å². The summed E-state index contributed by atoms with van der Waals surface area (Å²) in [7, 11) is 0. The van der Waals surface area contributed by atoms with Crippen LogP contribution in [0.5, 0.6) is 11.5 Å². The number of carbonyl (C=O) groups is 1. The Kier molecular flexibility index (Phi) is 5.66. The van der Waals surface area contributed by atoms with E-state index in [4.69, 9.17) is 4.74 Å². The fourth-order valence-electron chi connectivity index (χ4n) is 2.54. The van der Waals surface area contributed by atoms with E-state index in [1.54, 1.807) is 24.3 Å². The molecule has 0 fully saturated rings. The number of ether oxygens (including phenoxy) is 2. The maximum absolute atomic E-state index is 12.5. The molecule has 6 heteroatoms. The van der Waals surface area contributed by atoms with Crippen LogP contribution in [0.4, 0.5) is 8.78 Å². The molecule has 138 valence electrons. The fraction of sp³-hybridized carbons (Fsp3) is 0.0952. The van der Waals surface area contributed by atoms with Crippen LogP contribution in [0.25, 0.3) is 11.1 Å². The Morgan fingerprint density at radius 3 is 2.22 bits per heavy atom. The molecule has 3 aromatic carbocycles. The molecule has 0 aromatic heterocycles. The molecule has 0 aliphatic rings. The predicted octanol–water partition coefficient (Wildman–Crippen LogP) is 5.23. The third-order valence-electron chi connectivity index (χ3n) is 3.81. The summed E-state index contributed by atoms with van der Waals surface area (Å²) in [5, 5.41) is 9.17. The number of carboxylic acids is 1. The molecule has 0 aliphatic carbocycles. The van der Waals surface area contributed by atoms with Crippen molar-refractivity contribution in [3.63, 3.8) is 0 Å². The van der Waals surface area contributed by atoms with Gasteiger partial charge in [-0.2, -0.15) is 8.78 Å². The average Bonchev–Trinajstić information content (AvgIpc) is 2.67. The Hall–Kier alpha value is -3.41. The molecule has 0 bridgehead atoms. The molecule has 0 aliphatic heterocycles. The van der Waals surface area contributed by atoms with Gasteiger partial charge in [0.1, 0.15) is 18.1 Å². The molecule has 27 heavy (non-hydrogen) atoms. The molecule has 3 rings (SSSR count). The van der Waals surface area contributed by atoms with E-state index in [-0.39, 0.29) is 11.3 Å². The van der Waals surface area contributed by atoms with Crippen LogP contribution < -0.4 is 9.47 Å². The lowest BCUT2D eigenvalue weighted by Gasteiger charge is -2.10. The minimum absolute atomic E-state index is 0.132. The van der Waals surface area contributed by atoms with Gasteiger partial charge in [0, 0.05) is 0 Å². The van der Waals surface area contributed by atoms with Gasteiger partial charge in [-0.1, -0.05) is 42.5 Å². The number of rotatable bonds is 7. The van der Waals surface area contributed by atoms with E-state index < -0.39 is 12.6 Å². The summed E-state index contributed by atoms with van der Waals surface area (Å²) in [5.41, 5.74) is 2.02. The molecule has 0 saturated carbocycles. The van der Waals surface area contributed by atoms with Crippen LogP contribution in [0.3, 0.4) is 0 Å². The molecule has 0 heterocycles. The van der Waals surface area contributed by atoms with Crippen LogP contribution in [0.1, 0.15) is 15.9 Å². The maximum Gasteiger partial charge on any atom is 0.387 e. The number of benzene rings is 3. The van der Waals surface area contributed by atoms with Gasteiger partial charge in [0.15, 0.2) is 0 Å². The molecule has 0 amide bonds. The van der Waals surface area contributed by atoms with E-state index in [1.807, 2.05) is 30.3 Å². The molecule has 4 nitrogen and oxygen atoms in total. The highest BCUT2D eigenvalue weighted by Crippen LogP contribution is 2.29. The summed E-state index contributed by atoms with van der Waals surface area (Å²) in [4.78, 5) is 11.2. The van der Waals surface area contributed by atoms with Crippen LogP contribution >= 0.6 is 0 Å². The van der Waals surface area contributed by atoms with E-state index in [0.717, 1.165) is 11.6 Å². The standard InChI is InChI=1S/C21H16F2O4/c22-21(23)27-19-11-16(10-17(12-19)20(24)25)15-6-8-18(9-7-15)26-13-14-4-2-1-3-5-14/h1-12,21H,13H2,(H,24,25). The van der Waals surface area contributed by atoms with Crippen molar-refractivity contribution in [2.75, 3.05) is 0 Å². The first-order valence-electron chi connectivity index (χ1n) is 8.11. The number of alkyl halides is 2. The van der Waals surface area contributed by atoms with Crippen molar-refractivity contribution >= 4 is 5.97 Å². The third kappa shape index (κ3) is 5.04. The van der Waals surface area contributed by atoms with Crippen LogP contribution in [0.15, 0.2) is 72.8 Å². The monoisotopic (exact) mass is 370 g/mol. The Morgan fingerprint density at radius 2 is 1.59 bits per heavy atom. The molecular formula is C21H16F2O4. The summed E-state index contributed by atoms with van der Waals surface area (Å²) in [6.45, 7) is -2.61. The van der Waals surface area contributed by atoms with Crippen LogP contribution in [-0.2, 0) is 6.61 Å². The van der Waals surface area contributed by atoms with E-state index >= 15 is 0 Å². The Morgan fingerprint density at radius 1 is 0.889 bits per heavy atom. The van der Waals surface area contributed by atoms with E-state index in [0.29, 0.717) is 23.5 Å². The fourth-order valence-corrected chi connectivity index (χ4v) is 2.54. The average molecular weight is 370 g/mol. The smallest absolute Gasteiger partial charge is 0.387 e. The Bertz CT molecular complexity index is 909. The van der Waals surface area contributed by atoms with Gasteiger partial charge < -0.3 is 14.6 Å². The van der Waals surface area contributed by atoms with Crippen LogP contribution in [0, 0.1) is 0 Å². The van der Waals surface area contributed by atoms with Gasteiger partial charge in [0.25, 0.3) is 0 Å². The van der Waals surface area contributed by atoms with Crippen molar-refractivity contribution in [3.8, 4) is 22.6 Å². The zero-order chi connectivity index (χ0) is 19.2. The van der Waals surface area contributed by atoms with Gasteiger partial charge in [-0.3, -0.25) is 0 Å². The minimum atomic E-state index is -3.03. The highest BCUT2D eigenvalue weighted by Gasteiger charge is 2.12. The number of carboxylic acid groups (broad SMARTS) is 1. The van der Waals surface area contributed by atoms with Gasteiger partial charge in [0.2, 0.25) is 0 Å². The second kappa shape index (κ2) is 8.31. The minimum Gasteiger partial charge on any atom is -0.489 e. The lowest BCUT2D eigenvalue weighted by Crippen LogP contribution is -2.04. The number of hydrogen-bond donors (Lipinski definition) is 1. The van der Waals surface area contributed by atoms with Crippen LogP contribution in [-0.4, -0.2) is 17.7 Å². The van der Waals surface area contributed by atoms with Crippen molar-refractivity contribution in [1.82, 2.24) is 0 Å². The first kappa shape index (κ1) is 18.4. The normalized spacial score (nSPS) is 10.6. The van der Waals surface area contributed by atoms with E-state index in [9.17, 15) is 18.7 Å². The Balaban J connectivity index is 1.79. The molecule has 0 saturated heterocycles. The van der Waals surface area contributed by atoms with Gasteiger partial charge in [-0.25, -0.2) is 4.79 Å². The lowest BCUT2D eigenvalue weighted by molar-refractivity contribution is -0.0498. The molecule has 0 atom stereocenters. The second-order valence-corrected chi connectivity index (χ2v) is 5.73. The largest absolute Gasteiger partial charge is 0.489 e. The molecule has 3 aromatic rings. The van der Waals surface area contributed by atoms with Gasteiger partial charge in [-0.15, -0.1) is 0 Å². The van der Waals surface area contributed by atoms with Gasteiger partial charge in [0.05, 0.1) is 5.56 Å². The summed E-state index contributed by atoms with van der Waals surface area (Å²) < 4.78 is 35.0. The van der Waals surface area contributed by atoms with E-state index in [2.05, 4.69) is 4.74 Å². The van der Waals surface area contributed by atoms with Crippen molar-refractivity contribution < 1.29 is 28.2 Å². The van der Waals surface area contributed by atoms with Gasteiger partial charge >= 0.3 is 12.6 Å². The third-order valence-corrected chi connectivity index (χ3v) is 3.81. The summed E-state index contributed by atoms with van der Waals surface area (Å²) in [5.74, 6) is -0.788. The lowest BCUT2D eigenvalue weighted by atomic mass is 10.0. The zero-order valence-electron chi connectivity index (χ0n) is 14.1. The van der Waals surface area contributed by atoms with Crippen LogP contribution in [0.2, 0.25) is 0 Å². The molecule has 0 unspecified atom stereocenters. The topological polar surface area (TPSA) is 55.8 Å². The first-order chi connectivity index (χ1) is 13.0. The molecule has 1 N–H and O–H groups in total. The first-order valence-corrected chi connectivity index (χ1v) is 8.11. The van der Waals surface area contributed by atoms with Crippen molar-refractivity contribution in [1.29, 1.82) is 0 Å². The number of hydrogen-bond acceptors (Lipinski definition) is 3.